The summed E-state index contributed by atoms with van der Waals surface area (Å²) in [5.74, 6) is 0. The van der Waals surface area contributed by atoms with Crippen LogP contribution in [0.4, 0.5) is 0 Å². The van der Waals surface area contributed by atoms with E-state index < -0.39 is 0 Å². The highest BCUT2D eigenvalue weighted by Gasteiger charge is 2.24. The van der Waals surface area contributed by atoms with Gasteiger partial charge in [-0.05, 0) is 12.8 Å². The maximum Gasteiger partial charge on any atom is 0.0275 e. The van der Waals surface area contributed by atoms with E-state index in [1.807, 2.05) is 0 Å². The lowest BCUT2D eigenvalue weighted by atomic mass is 10.4. The molecule has 0 atom stereocenters. The third kappa shape index (κ3) is 1.68. The van der Waals surface area contributed by atoms with Gasteiger partial charge in [0.15, 0.2) is 0 Å². The molecule has 1 aliphatic heterocycles. The Labute approximate surface area is 61.7 Å². The van der Waals surface area contributed by atoms with E-state index in [-0.39, 0.29) is 0 Å². The standard InChI is InChI=1S/C7H14N3/c1-2-7(1)9-10-5-3-8-4-6-10/h7,9H,1-6H2. The lowest BCUT2D eigenvalue weighted by molar-refractivity contribution is 0.159. The predicted molar refractivity (Wildman–Crippen MR) is 39.6 cm³/mol. The van der Waals surface area contributed by atoms with Crippen molar-refractivity contribution in [1.29, 1.82) is 0 Å². The van der Waals surface area contributed by atoms with E-state index >= 15 is 0 Å². The molecule has 0 aromatic heterocycles. The zero-order valence-electron chi connectivity index (χ0n) is 6.21. The van der Waals surface area contributed by atoms with Crippen LogP contribution >= 0.6 is 0 Å². The van der Waals surface area contributed by atoms with Crippen molar-refractivity contribution in [3.63, 3.8) is 0 Å². The molecule has 0 bridgehead atoms. The van der Waals surface area contributed by atoms with Crippen LogP contribution in [0.15, 0.2) is 0 Å². The summed E-state index contributed by atoms with van der Waals surface area (Å²) in [6.07, 6.45) is 2.74. The number of nitrogens with zero attached hydrogens (tertiary/aromatic N) is 2. The Kier molecular flexibility index (Phi) is 1.88. The van der Waals surface area contributed by atoms with E-state index in [0.717, 1.165) is 32.2 Å². The highest BCUT2D eigenvalue weighted by atomic mass is 15.5. The Hall–Kier alpha value is -0.120. The van der Waals surface area contributed by atoms with Crippen LogP contribution in [0, 0.1) is 0 Å². The summed E-state index contributed by atoms with van der Waals surface area (Å²) in [6.45, 7) is 4.24. The molecule has 1 heterocycles. The number of nitrogens with one attached hydrogen (secondary N) is 1. The van der Waals surface area contributed by atoms with Gasteiger partial charge in [-0.2, -0.15) is 0 Å². The van der Waals surface area contributed by atoms with E-state index in [9.17, 15) is 0 Å². The van der Waals surface area contributed by atoms with Gasteiger partial charge in [-0.25, -0.2) is 10.3 Å². The third-order valence-electron chi connectivity index (χ3n) is 2.00. The number of hydrogen-bond donors (Lipinski definition) is 1. The molecule has 0 amide bonds. The van der Waals surface area contributed by atoms with E-state index in [0.29, 0.717) is 0 Å². The van der Waals surface area contributed by atoms with Crippen molar-refractivity contribution in [1.82, 2.24) is 15.8 Å². The first-order valence-electron chi connectivity index (χ1n) is 4.09. The van der Waals surface area contributed by atoms with Crippen LogP contribution in [-0.2, 0) is 0 Å². The lowest BCUT2D eigenvalue weighted by Crippen LogP contribution is -2.48. The molecule has 1 saturated carbocycles. The fourth-order valence-corrected chi connectivity index (χ4v) is 1.21. The molecule has 1 saturated heterocycles. The maximum atomic E-state index is 4.27. The lowest BCUT2D eigenvalue weighted by Gasteiger charge is -2.26. The molecule has 0 aromatic rings. The van der Waals surface area contributed by atoms with E-state index in [2.05, 4.69) is 15.8 Å². The molecule has 2 rings (SSSR count). The third-order valence-corrected chi connectivity index (χ3v) is 2.00. The van der Waals surface area contributed by atoms with E-state index in [1.165, 1.54) is 12.8 Å². The van der Waals surface area contributed by atoms with Gasteiger partial charge in [0.2, 0.25) is 0 Å². The van der Waals surface area contributed by atoms with Crippen LogP contribution in [0.1, 0.15) is 12.8 Å². The van der Waals surface area contributed by atoms with Crippen LogP contribution in [0.2, 0.25) is 0 Å². The Bertz CT molecular complexity index is 105. The van der Waals surface area contributed by atoms with Crippen LogP contribution in [0.3, 0.4) is 0 Å². The highest BCUT2D eigenvalue weighted by molar-refractivity contribution is 4.80. The minimum Gasteiger partial charge on any atom is -0.252 e. The van der Waals surface area contributed by atoms with Crippen LogP contribution in [-0.4, -0.2) is 37.2 Å². The number of piperazine rings is 1. The zero-order valence-corrected chi connectivity index (χ0v) is 6.21. The second-order valence-electron chi connectivity index (χ2n) is 3.06. The van der Waals surface area contributed by atoms with Gasteiger partial charge in [0.25, 0.3) is 0 Å². The molecule has 0 unspecified atom stereocenters. The predicted octanol–water partition coefficient (Wildman–Crippen LogP) is -0.427. The summed E-state index contributed by atoms with van der Waals surface area (Å²) in [5, 5.41) is 6.58. The van der Waals surface area contributed by atoms with Crippen molar-refractivity contribution in [2.24, 2.45) is 0 Å². The molecule has 10 heavy (non-hydrogen) atoms. The molecular weight excluding hydrogens is 126 g/mol. The van der Waals surface area contributed by atoms with Crippen molar-refractivity contribution >= 4 is 0 Å². The average Bonchev–Trinajstić information content (AvgIpc) is 2.74. The van der Waals surface area contributed by atoms with Crippen molar-refractivity contribution in [2.45, 2.75) is 18.9 Å². The number of hydrogen-bond acceptors (Lipinski definition) is 2. The molecule has 2 fully saturated rings. The SMILES string of the molecule is C1CN(NC2CC2)CC[N]1. The second-order valence-corrected chi connectivity index (χ2v) is 3.06. The van der Waals surface area contributed by atoms with E-state index in [1.54, 1.807) is 0 Å². The van der Waals surface area contributed by atoms with Gasteiger partial charge in [0.05, 0.1) is 0 Å². The molecule has 3 nitrogen and oxygen atoms in total. The summed E-state index contributed by atoms with van der Waals surface area (Å²) >= 11 is 0. The topological polar surface area (TPSA) is 29.4 Å². The summed E-state index contributed by atoms with van der Waals surface area (Å²) in [7, 11) is 0. The Morgan fingerprint density at radius 2 is 1.90 bits per heavy atom. The van der Waals surface area contributed by atoms with Crippen LogP contribution in [0.25, 0.3) is 0 Å². The zero-order chi connectivity index (χ0) is 6.81. The fourth-order valence-electron chi connectivity index (χ4n) is 1.21. The highest BCUT2D eigenvalue weighted by Crippen LogP contribution is 2.19. The molecule has 1 radical (unpaired) electrons. The van der Waals surface area contributed by atoms with Gasteiger partial charge < -0.3 is 0 Å². The molecule has 0 spiro atoms. The maximum absolute atomic E-state index is 4.27. The van der Waals surface area contributed by atoms with Gasteiger partial charge >= 0.3 is 0 Å². The van der Waals surface area contributed by atoms with Crippen LogP contribution in [0.5, 0.6) is 0 Å². The molecule has 2 aliphatic rings. The molecular formula is C7H14N3. The monoisotopic (exact) mass is 140 g/mol. The normalized spacial score (nSPS) is 28.8. The molecule has 3 heteroatoms. The van der Waals surface area contributed by atoms with Crippen molar-refractivity contribution < 1.29 is 0 Å². The van der Waals surface area contributed by atoms with Gasteiger partial charge in [-0.15, -0.1) is 0 Å². The summed E-state index contributed by atoms with van der Waals surface area (Å²) in [4.78, 5) is 0. The largest absolute Gasteiger partial charge is 0.252 e. The first-order valence-corrected chi connectivity index (χ1v) is 4.09. The first kappa shape index (κ1) is 6.58. The minimum atomic E-state index is 0.804. The van der Waals surface area contributed by atoms with Gasteiger partial charge in [-0.1, -0.05) is 0 Å². The number of hydrazine groups is 1. The molecule has 1 aliphatic carbocycles. The van der Waals surface area contributed by atoms with Crippen molar-refractivity contribution in [3.05, 3.63) is 0 Å². The van der Waals surface area contributed by atoms with Gasteiger partial charge in [0.1, 0.15) is 0 Å². The van der Waals surface area contributed by atoms with Crippen LogP contribution < -0.4 is 10.7 Å². The Balaban J connectivity index is 1.69. The van der Waals surface area contributed by atoms with Crippen molar-refractivity contribution in [2.75, 3.05) is 26.2 Å². The Morgan fingerprint density at radius 3 is 2.50 bits per heavy atom. The Morgan fingerprint density at radius 1 is 1.20 bits per heavy atom. The summed E-state index contributed by atoms with van der Waals surface area (Å²) < 4.78 is 0. The molecule has 1 N–H and O–H groups in total. The summed E-state index contributed by atoms with van der Waals surface area (Å²) in [5.41, 5.74) is 3.47. The number of rotatable bonds is 2. The van der Waals surface area contributed by atoms with E-state index in [4.69, 9.17) is 0 Å². The molecule has 0 aromatic carbocycles. The quantitative estimate of drug-likeness (QED) is 0.564. The molecule has 57 valence electrons. The summed E-state index contributed by atoms with van der Waals surface area (Å²) in [6, 6.07) is 0.804. The average molecular weight is 140 g/mol. The minimum absolute atomic E-state index is 0.804. The van der Waals surface area contributed by atoms with Crippen molar-refractivity contribution in [3.8, 4) is 0 Å². The van der Waals surface area contributed by atoms with Gasteiger partial charge in [0, 0.05) is 32.2 Å². The first-order chi connectivity index (χ1) is 4.95. The second kappa shape index (κ2) is 2.86. The van der Waals surface area contributed by atoms with Gasteiger partial charge in [-0.3, -0.25) is 5.43 Å². The smallest absolute Gasteiger partial charge is 0.0275 e. The fraction of sp³-hybridized carbons (Fsp3) is 1.00.